The van der Waals surface area contributed by atoms with E-state index in [-0.39, 0.29) is 11.6 Å². The summed E-state index contributed by atoms with van der Waals surface area (Å²) in [6.45, 7) is 1.43. The van der Waals surface area contributed by atoms with Gasteiger partial charge in [0.05, 0.1) is 4.88 Å². The molecule has 0 saturated carbocycles. The number of aromatic nitrogens is 1. The maximum atomic E-state index is 13.1. The van der Waals surface area contributed by atoms with Gasteiger partial charge in [-0.25, -0.2) is 13.8 Å². The predicted molar refractivity (Wildman–Crippen MR) is 89.3 cm³/mol. The van der Waals surface area contributed by atoms with Crippen molar-refractivity contribution in [1.29, 1.82) is 0 Å². The van der Waals surface area contributed by atoms with Gasteiger partial charge in [-0.05, 0) is 48.4 Å². The molecule has 0 aliphatic rings. The van der Waals surface area contributed by atoms with E-state index in [0.29, 0.717) is 6.54 Å². The van der Waals surface area contributed by atoms with Gasteiger partial charge in [-0.15, -0.1) is 11.3 Å². The number of rotatable bonds is 6. The lowest BCUT2D eigenvalue weighted by atomic mass is 10.1. The lowest BCUT2D eigenvalue weighted by Gasteiger charge is -2.03. The van der Waals surface area contributed by atoms with Gasteiger partial charge in [0, 0.05) is 12.7 Å². The molecule has 0 atom stereocenters. The van der Waals surface area contributed by atoms with Crippen LogP contribution < -0.4 is 5.32 Å². The minimum absolute atomic E-state index is 0.202. The molecule has 1 heterocycles. The molecule has 0 unspecified atom stereocenters. The Morgan fingerprint density at radius 3 is 2.61 bits per heavy atom. The molecule has 23 heavy (non-hydrogen) atoms. The molecule has 5 heteroatoms. The lowest BCUT2D eigenvalue weighted by molar-refractivity contribution is 0.622. The Balaban J connectivity index is 1.50. The number of nitrogens with one attached hydrogen (secondary N) is 1. The minimum atomic E-state index is -0.238. The van der Waals surface area contributed by atoms with E-state index in [4.69, 9.17) is 0 Å². The molecule has 1 N–H and O–H groups in total. The summed E-state index contributed by atoms with van der Waals surface area (Å²) in [5.41, 5.74) is 1.94. The van der Waals surface area contributed by atoms with Crippen LogP contribution in [-0.2, 0) is 13.0 Å². The summed E-state index contributed by atoms with van der Waals surface area (Å²) in [4.78, 5) is 5.40. The van der Waals surface area contributed by atoms with Crippen LogP contribution in [0.3, 0.4) is 0 Å². The SMILES string of the molecule is Fc1ccc(-c2cnc(CNCCc3cccc(F)c3)s2)cc1. The van der Waals surface area contributed by atoms with Crippen LogP contribution in [0, 0.1) is 11.6 Å². The van der Waals surface area contributed by atoms with Gasteiger partial charge in [-0.1, -0.05) is 24.3 Å². The van der Waals surface area contributed by atoms with Crippen molar-refractivity contribution >= 4 is 11.3 Å². The summed E-state index contributed by atoms with van der Waals surface area (Å²) in [7, 11) is 0. The molecule has 0 aliphatic carbocycles. The van der Waals surface area contributed by atoms with Crippen molar-refractivity contribution in [2.75, 3.05) is 6.54 Å². The fourth-order valence-electron chi connectivity index (χ4n) is 2.26. The number of nitrogens with zero attached hydrogens (tertiary/aromatic N) is 1. The van der Waals surface area contributed by atoms with Crippen molar-refractivity contribution < 1.29 is 8.78 Å². The molecule has 118 valence electrons. The van der Waals surface area contributed by atoms with Crippen LogP contribution in [0.15, 0.2) is 54.7 Å². The molecule has 0 fully saturated rings. The third kappa shape index (κ3) is 4.43. The van der Waals surface area contributed by atoms with Crippen molar-refractivity contribution in [1.82, 2.24) is 10.3 Å². The van der Waals surface area contributed by atoms with Crippen LogP contribution in [-0.4, -0.2) is 11.5 Å². The summed E-state index contributed by atoms with van der Waals surface area (Å²) in [5, 5.41) is 4.28. The van der Waals surface area contributed by atoms with Gasteiger partial charge in [-0.2, -0.15) is 0 Å². The van der Waals surface area contributed by atoms with Crippen molar-refractivity contribution in [2.24, 2.45) is 0 Å². The second-order valence-corrected chi connectivity index (χ2v) is 6.30. The van der Waals surface area contributed by atoms with Gasteiger partial charge in [-0.3, -0.25) is 0 Å². The first-order valence-electron chi connectivity index (χ1n) is 7.36. The molecular weight excluding hydrogens is 314 g/mol. The summed E-state index contributed by atoms with van der Waals surface area (Å²) < 4.78 is 26.0. The second-order valence-electron chi connectivity index (χ2n) is 5.18. The normalized spacial score (nSPS) is 10.9. The lowest BCUT2D eigenvalue weighted by Crippen LogP contribution is -2.16. The maximum Gasteiger partial charge on any atom is 0.123 e. The van der Waals surface area contributed by atoms with Gasteiger partial charge in [0.2, 0.25) is 0 Å². The Kier molecular flexibility index (Phi) is 5.10. The monoisotopic (exact) mass is 330 g/mol. The fourth-order valence-corrected chi connectivity index (χ4v) is 3.15. The van der Waals surface area contributed by atoms with Gasteiger partial charge >= 0.3 is 0 Å². The topological polar surface area (TPSA) is 24.9 Å². The average Bonchev–Trinajstić information content (AvgIpc) is 3.01. The number of hydrogen-bond acceptors (Lipinski definition) is 3. The molecule has 0 radical (unpaired) electrons. The summed E-state index contributed by atoms with van der Waals surface area (Å²) in [5.74, 6) is -0.441. The molecule has 0 spiro atoms. The molecule has 0 aliphatic heterocycles. The maximum absolute atomic E-state index is 13.1. The van der Waals surface area contributed by atoms with E-state index in [0.717, 1.165) is 34.0 Å². The van der Waals surface area contributed by atoms with E-state index in [2.05, 4.69) is 10.3 Å². The predicted octanol–water partition coefficient (Wildman–Crippen LogP) is 4.42. The molecular formula is C18H16F2N2S. The Hall–Kier alpha value is -2.11. The Bertz CT molecular complexity index is 769. The molecule has 2 nitrogen and oxygen atoms in total. The van der Waals surface area contributed by atoms with E-state index >= 15 is 0 Å². The Labute approximate surface area is 137 Å². The van der Waals surface area contributed by atoms with Crippen LogP contribution >= 0.6 is 11.3 Å². The third-order valence-electron chi connectivity index (χ3n) is 3.44. The summed E-state index contributed by atoms with van der Waals surface area (Å²) in [6.07, 6.45) is 2.58. The van der Waals surface area contributed by atoms with Crippen LogP contribution in [0.5, 0.6) is 0 Å². The van der Waals surface area contributed by atoms with Gasteiger partial charge in [0.1, 0.15) is 16.6 Å². The zero-order chi connectivity index (χ0) is 16.1. The zero-order valence-electron chi connectivity index (χ0n) is 12.4. The largest absolute Gasteiger partial charge is 0.310 e. The van der Waals surface area contributed by atoms with Crippen LogP contribution in [0.2, 0.25) is 0 Å². The number of halogens is 2. The molecule has 0 bridgehead atoms. The highest BCUT2D eigenvalue weighted by atomic mass is 32.1. The van der Waals surface area contributed by atoms with E-state index in [9.17, 15) is 8.78 Å². The smallest absolute Gasteiger partial charge is 0.123 e. The van der Waals surface area contributed by atoms with Gasteiger partial charge in [0.15, 0.2) is 0 Å². The Morgan fingerprint density at radius 1 is 1.00 bits per heavy atom. The highest BCUT2D eigenvalue weighted by molar-refractivity contribution is 7.15. The molecule has 2 aromatic carbocycles. The number of benzene rings is 2. The second kappa shape index (κ2) is 7.44. The van der Waals surface area contributed by atoms with Crippen molar-refractivity contribution in [3.63, 3.8) is 0 Å². The molecule has 0 saturated heterocycles. The van der Waals surface area contributed by atoms with Crippen LogP contribution in [0.4, 0.5) is 8.78 Å². The van der Waals surface area contributed by atoms with E-state index in [1.165, 1.54) is 18.2 Å². The molecule has 3 rings (SSSR count). The zero-order valence-corrected chi connectivity index (χ0v) is 13.2. The number of thiazole rings is 1. The van der Waals surface area contributed by atoms with Crippen molar-refractivity contribution in [3.8, 4) is 10.4 Å². The van der Waals surface area contributed by atoms with Gasteiger partial charge in [0.25, 0.3) is 0 Å². The van der Waals surface area contributed by atoms with Crippen LogP contribution in [0.25, 0.3) is 10.4 Å². The van der Waals surface area contributed by atoms with Crippen molar-refractivity contribution in [3.05, 3.63) is 76.9 Å². The third-order valence-corrected chi connectivity index (χ3v) is 4.48. The first-order chi connectivity index (χ1) is 11.2. The number of hydrogen-bond donors (Lipinski definition) is 1. The van der Waals surface area contributed by atoms with Crippen LogP contribution in [0.1, 0.15) is 10.6 Å². The summed E-state index contributed by atoms with van der Waals surface area (Å²) in [6, 6.07) is 13.0. The fraction of sp³-hybridized carbons (Fsp3) is 0.167. The molecule has 0 amide bonds. The highest BCUT2D eigenvalue weighted by Crippen LogP contribution is 2.26. The average molecular weight is 330 g/mol. The summed E-state index contributed by atoms with van der Waals surface area (Å²) >= 11 is 1.58. The molecule has 3 aromatic rings. The minimum Gasteiger partial charge on any atom is -0.310 e. The van der Waals surface area contributed by atoms with Crippen molar-refractivity contribution in [2.45, 2.75) is 13.0 Å². The standard InChI is InChI=1S/C18H16F2N2S/c19-15-6-4-14(5-7-15)17-11-22-18(23-17)12-21-9-8-13-2-1-3-16(20)10-13/h1-7,10-11,21H,8-9,12H2. The Morgan fingerprint density at radius 2 is 1.83 bits per heavy atom. The van der Waals surface area contributed by atoms with Gasteiger partial charge < -0.3 is 5.32 Å². The van der Waals surface area contributed by atoms with E-state index in [1.807, 2.05) is 12.3 Å². The molecule has 1 aromatic heterocycles. The first kappa shape index (κ1) is 15.8. The van der Waals surface area contributed by atoms with E-state index < -0.39 is 0 Å². The highest BCUT2D eigenvalue weighted by Gasteiger charge is 2.04. The quantitative estimate of drug-likeness (QED) is 0.677. The van der Waals surface area contributed by atoms with E-state index in [1.54, 1.807) is 35.6 Å². The first-order valence-corrected chi connectivity index (χ1v) is 8.18.